The van der Waals surface area contributed by atoms with Gasteiger partial charge in [-0.1, -0.05) is 18.2 Å². The molecule has 154 valence electrons. The highest BCUT2D eigenvalue weighted by atomic mass is 16.2. The van der Waals surface area contributed by atoms with Crippen LogP contribution in [-0.4, -0.2) is 27.4 Å². The molecule has 1 aliphatic rings. The predicted molar refractivity (Wildman–Crippen MR) is 121 cm³/mol. The second-order valence-electron chi connectivity index (χ2n) is 7.81. The van der Waals surface area contributed by atoms with Gasteiger partial charge in [-0.05, 0) is 74.4 Å². The predicted octanol–water partition coefficient (Wildman–Crippen LogP) is 4.48. The monoisotopic (exact) mass is 410 g/mol. The first-order chi connectivity index (χ1) is 15.1. The van der Waals surface area contributed by atoms with E-state index in [1.54, 1.807) is 36.4 Å². The molecule has 0 radical (unpaired) electrons. The summed E-state index contributed by atoms with van der Waals surface area (Å²) in [6, 6.07) is 22.8. The van der Waals surface area contributed by atoms with Crippen LogP contribution < -0.4 is 10.6 Å². The molecule has 0 atom stereocenters. The summed E-state index contributed by atoms with van der Waals surface area (Å²) >= 11 is 0. The second kappa shape index (κ2) is 7.72. The molecule has 0 saturated heterocycles. The highest BCUT2D eigenvalue weighted by Crippen LogP contribution is 2.23. The summed E-state index contributed by atoms with van der Waals surface area (Å²) < 4.78 is 2.07. The number of carbonyl (C=O) groups is 2. The van der Waals surface area contributed by atoms with Gasteiger partial charge in [0, 0.05) is 28.5 Å². The Hall–Kier alpha value is -3.93. The van der Waals surface area contributed by atoms with E-state index in [4.69, 9.17) is 0 Å². The lowest BCUT2D eigenvalue weighted by molar-refractivity contribution is 0.0950. The Morgan fingerprint density at radius 2 is 1.61 bits per heavy atom. The molecule has 31 heavy (non-hydrogen) atoms. The highest BCUT2D eigenvalue weighted by molar-refractivity contribution is 6.06. The standard InChI is InChI=1S/C25H22N4O2/c1-16-26-22-15-18(9-14-23(22)29(16)21-5-3-2-4-6-21)25(31)28-19-10-7-17(8-11-19)24(30)27-20-12-13-20/h2-11,14-15,20H,12-13H2,1H3,(H,27,30)(H,28,31). The number of hydrogen-bond donors (Lipinski definition) is 2. The molecule has 0 bridgehead atoms. The Balaban J connectivity index is 1.34. The summed E-state index contributed by atoms with van der Waals surface area (Å²) in [5.74, 6) is 0.568. The van der Waals surface area contributed by atoms with E-state index < -0.39 is 0 Å². The molecule has 1 aromatic heterocycles. The van der Waals surface area contributed by atoms with E-state index in [-0.39, 0.29) is 11.8 Å². The Morgan fingerprint density at radius 1 is 0.903 bits per heavy atom. The number of hydrogen-bond acceptors (Lipinski definition) is 3. The average Bonchev–Trinajstić information content (AvgIpc) is 3.53. The van der Waals surface area contributed by atoms with Gasteiger partial charge in [0.05, 0.1) is 11.0 Å². The molecule has 5 rings (SSSR count). The third kappa shape index (κ3) is 3.92. The minimum atomic E-state index is -0.219. The van der Waals surface area contributed by atoms with Gasteiger partial charge in [-0.3, -0.25) is 14.2 Å². The number of anilines is 1. The van der Waals surface area contributed by atoms with E-state index in [2.05, 4.69) is 20.2 Å². The van der Waals surface area contributed by atoms with Crippen LogP contribution in [0.25, 0.3) is 16.7 Å². The lowest BCUT2D eigenvalue weighted by atomic mass is 10.1. The Morgan fingerprint density at radius 3 is 2.32 bits per heavy atom. The van der Waals surface area contributed by atoms with E-state index in [1.165, 1.54) is 0 Å². The third-order valence-corrected chi connectivity index (χ3v) is 5.42. The van der Waals surface area contributed by atoms with Gasteiger partial charge < -0.3 is 10.6 Å². The van der Waals surface area contributed by atoms with Crippen molar-refractivity contribution < 1.29 is 9.59 Å². The van der Waals surface area contributed by atoms with Gasteiger partial charge in [0.25, 0.3) is 11.8 Å². The second-order valence-corrected chi connectivity index (χ2v) is 7.81. The van der Waals surface area contributed by atoms with Crippen molar-refractivity contribution in [3.8, 4) is 5.69 Å². The number of benzene rings is 3. The van der Waals surface area contributed by atoms with Gasteiger partial charge in [-0.2, -0.15) is 0 Å². The first-order valence-corrected chi connectivity index (χ1v) is 10.4. The fourth-order valence-corrected chi connectivity index (χ4v) is 3.65. The molecule has 0 spiro atoms. The van der Waals surface area contributed by atoms with Crippen LogP contribution in [0.3, 0.4) is 0 Å². The zero-order valence-electron chi connectivity index (χ0n) is 17.1. The third-order valence-electron chi connectivity index (χ3n) is 5.42. The number of nitrogens with one attached hydrogen (secondary N) is 2. The van der Waals surface area contributed by atoms with Crippen LogP contribution in [-0.2, 0) is 0 Å². The average molecular weight is 410 g/mol. The maximum Gasteiger partial charge on any atom is 0.255 e. The van der Waals surface area contributed by atoms with E-state index in [0.29, 0.717) is 22.9 Å². The molecule has 2 N–H and O–H groups in total. The molecule has 1 aliphatic carbocycles. The van der Waals surface area contributed by atoms with Crippen LogP contribution in [0.1, 0.15) is 39.4 Å². The van der Waals surface area contributed by atoms with Gasteiger partial charge in [-0.25, -0.2) is 4.98 Å². The van der Waals surface area contributed by atoms with Crippen LogP contribution in [0.15, 0.2) is 72.8 Å². The SMILES string of the molecule is Cc1nc2cc(C(=O)Nc3ccc(C(=O)NC4CC4)cc3)ccc2n1-c1ccccc1. The van der Waals surface area contributed by atoms with Crippen molar-refractivity contribution in [2.45, 2.75) is 25.8 Å². The molecule has 6 nitrogen and oxygen atoms in total. The summed E-state index contributed by atoms with van der Waals surface area (Å²) in [6.45, 7) is 1.95. The number of aryl methyl sites for hydroxylation is 1. The Bertz CT molecular complexity index is 1270. The van der Waals surface area contributed by atoms with Gasteiger partial charge in [0.15, 0.2) is 0 Å². The minimum Gasteiger partial charge on any atom is -0.349 e. The van der Waals surface area contributed by atoms with E-state index in [1.807, 2.05) is 43.3 Å². The van der Waals surface area contributed by atoms with E-state index >= 15 is 0 Å². The number of imidazole rings is 1. The van der Waals surface area contributed by atoms with Crippen molar-refractivity contribution in [3.05, 3.63) is 89.7 Å². The van der Waals surface area contributed by atoms with Crippen LogP contribution >= 0.6 is 0 Å². The van der Waals surface area contributed by atoms with Crippen molar-refractivity contribution >= 4 is 28.5 Å². The first-order valence-electron chi connectivity index (χ1n) is 10.4. The lowest BCUT2D eigenvalue weighted by Gasteiger charge is -2.08. The van der Waals surface area contributed by atoms with Crippen molar-refractivity contribution in [1.29, 1.82) is 0 Å². The van der Waals surface area contributed by atoms with Crippen LogP contribution in [0.2, 0.25) is 0 Å². The zero-order chi connectivity index (χ0) is 21.4. The molecule has 6 heteroatoms. The smallest absolute Gasteiger partial charge is 0.255 e. The maximum absolute atomic E-state index is 12.8. The topological polar surface area (TPSA) is 76.0 Å². The summed E-state index contributed by atoms with van der Waals surface area (Å²) in [6.07, 6.45) is 2.10. The fourth-order valence-electron chi connectivity index (χ4n) is 3.65. The summed E-state index contributed by atoms with van der Waals surface area (Å²) in [5, 5.41) is 5.85. The van der Waals surface area contributed by atoms with Gasteiger partial charge in [-0.15, -0.1) is 0 Å². The highest BCUT2D eigenvalue weighted by Gasteiger charge is 2.23. The molecule has 0 aliphatic heterocycles. The van der Waals surface area contributed by atoms with Crippen molar-refractivity contribution in [3.63, 3.8) is 0 Å². The van der Waals surface area contributed by atoms with Crippen molar-refractivity contribution in [2.75, 3.05) is 5.32 Å². The molecule has 1 heterocycles. The molecule has 1 fully saturated rings. The van der Waals surface area contributed by atoms with Crippen LogP contribution in [0.4, 0.5) is 5.69 Å². The van der Waals surface area contributed by atoms with Crippen molar-refractivity contribution in [1.82, 2.24) is 14.9 Å². The molecule has 4 aromatic rings. The summed E-state index contributed by atoms with van der Waals surface area (Å²) in [5.41, 5.74) is 4.51. The summed E-state index contributed by atoms with van der Waals surface area (Å²) in [4.78, 5) is 29.5. The van der Waals surface area contributed by atoms with Crippen molar-refractivity contribution in [2.24, 2.45) is 0 Å². The van der Waals surface area contributed by atoms with Crippen LogP contribution in [0.5, 0.6) is 0 Å². The largest absolute Gasteiger partial charge is 0.349 e. The number of nitrogens with zero attached hydrogens (tertiary/aromatic N) is 2. The van der Waals surface area contributed by atoms with Crippen LogP contribution in [0, 0.1) is 6.92 Å². The normalized spacial score (nSPS) is 13.2. The molecular weight excluding hydrogens is 388 g/mol. The Kier molecular flexibility index (Phi) is 4.75. The molecule has 0 unspecified atom stereocenters. The molecule has 2 amide bonds. The first kappa shape index (κ1) is 19.1. The quantitative estimate of drug-likeness (QED) is 0.509. The zero-order valence-corrected chi connectivity index (χ0v) is 17.1. The number of carbonyl (C=O) groups excluding carboxylic acids is 2. The maximum atomic E-state index is 12.8. The Labute approximate surface area is 179 Å². The number of aromatic nitrogens is 2. The number of para-hydroxylation sites is 1. The fraction of sp³-hybridized carbons (Fsp3) is 0.160. The number of rotatable bonds is 5. The molecular formula is C25H22N4O2. The number of amides is 2. The number of fused-ring (bicyclic) bond motifs is 1. The van der Waals surface area contributed by atoms with Gasteiger partial charge >= 0.3 is 0 Å². The molecule has 1 saturated carbocycles. The lowest BCUT2D eigenvalue weighted by Crippen LogP contribution is -2.25. The molecule has 3 aromatic carbocycles. The van der Waals surface area contributed by atoms with E-state index in [0.717, 1.165) is 35.4 Å². The minimum absolute atomic E-state index is 0.0739. The summed E-state index contributed by atoms with van der Waals surface area (Å²) in [7, 11) is 0. The van der Waals surface area contributed by atoms with Gasteiger partial charge in [0.1, 0.15) is 5.82 Å². The van der Waals surface area contributed by atoms with E-state index in [9.17, 15) is 9.59 Å². The van der Waals surface area contributed by atoms with Gasteiger partial charge in [0.2, 0.25) is 0 Å².